The third-order valence-electron chi connectivity index (χ3n) is 2.93. The van der Waals surface area contributed by atoms with E-state index in [0.717, 1.165) is 12.1 Å². The molecular weight excluding hydrogens is 312 g/mol. The van der Waals surface area contributed by atoms with Crippen LogP contribution in [0.4, 0.5) is 5.69 Å². The zero-order valence-electron chi connectivity index (χ0n) is 11.4. The van der Waals surface area contributed by atoms with Gasteiger partial charge in [0.2, 0.25) is 10.0 Å². The SMILES string of the molecule is O=[N+]([O-])c1ccccc1S(=O)(=O)NCCC(O)c1ccco1. The Morgan fingerprint density at radius 1 is 1.27 bits per heavy atom. The highest BCUT2D eigenvalue weighted by atomic mass is 32.2. The van der Waals surface area contributed by atoms with Gasteiger partial charge in [0, 0.05) is 12.6 Å². The number of aliphatic hydroxyl groups excluding tert-OH is 1. The Hall–Kier alpha value is -2.23. The molecule has 1 heterocycles. The van der Waals surface area contributed by atoms with Gasteiger partial charge in [-0.25, -0.2) is 13.1 Å². The number of nitro benzene ring substituents is 1. The fourth-order valence-electron chi connectivity index (χ4n) is 1.87. The molecule has 0 spiro atoms. The second-order valence-electron chi connectivity index (χ2n) is 4.44. The van der Waals surface area contributed by atoms with Crippen LogP contribution in [0.2, 0.25) is 0 Å². The normalized spacial score (nSPS) is 13.0. The molecule has 0 aliphatic rings. The highest BCUT2D eigenvalue weighted by Gasteiger charge is 2.25. The van der Waals surface area contributed by atoms with E-state index < -0.39 is 31.6 Å². The lowest BCUT2D eigenvalue weighted by Gasteiger charge is -2.09. The van der Waals surface area contributed by atoms with E-state index in [1.807, 2.05) is 0 Å². The van der Waals surface area contributed by atoms with Crippen LogP contribution in [0.15, 0.2) is 52.0 Å². The third-order valence-corrected chi connectivity index (χ3v) is 4.44. The van der Waals surface area contributed by atoms with Crippen molar-refractivity contribution in [2.75, 3.05) is 6.54 Å². The van der Waals surface area contributed by atoms with Gasteiger partial charge >= 0.3 is 0 Å². The standard InChI is InChI=1S/C13H14N2O6S/c16-11(12-5-3-9-21-12)7-8-14-22(19,20)13-6-2-1-4-10(13)15(17)18/h1-6,9,11,14,16H,7-8H2. The fourth-order valence-corrected chi connectivity index (χ4v) is 3.08. The number of para-hydroxylation sites is 1. The first-order valence-electron chi connectivity index (χ1n) is 6.36. The van der Waals surface area contributed by atoms with Gasteiger partial charge in [0.15, 0.2) is 4.90 Å². The van der Waals surface area contributed by atoms with Crippen molar-refractivity contribution in [3.8, 4) is 0 Å². The molecule has 0 aliphatic carbocycles. The molecule has 2 aromatic rings. The molecule has 0 radical (unpaired) electrons. The molecule has 0 aliphatic heterocycles. The van der Waals surface area contributed by atoms with Crippen molar-refractivity contribution < 1.29 is 22.9 Å². The molecule has 1 atom stereocenters. The van der Waals surface area contributed by atoms with Gasteiger partial charge in [-0.1, -0.05) is 12.1 Å². The molecule has 9 heteroatoms. The summed E-state index contributed by atoms with van der Waals surface area (Å²) in [5.74, 6) is 0.324. The fraction of sp³-hybridized carbons (Fsp3) is 0.231. The number of nitrogens with one attached hydrogen (secondary N) is 1. The Kier molecular flexibility index (Phi) is 4.91. The molecule has 118 valence electrons. The summed E-state index contributed by atoms with van der Waals surface area (Å²) in [6, 6.07) is 8.24. The number of nitrogens with zero attached hydrogens (tertiary/aromatic N) is 1. The van der Waals surface area contributed by atoms with Crippen molar-refractivity contribution in [1.82, 2.24) is 4.72 Å². The minimum Gasteiger partial charge on any atom is -0.467 e. The van der Waals surface area contributed by atoms with Crippen LogP contribution in [0.3, 0.4) is 0 Å². The molecule has 1 unspecified atom stereocenters. The van der Waals surface area contributed by atoms with E-state index in [2.05, 4.69) is 4.72 Å². The lowest BCUT2D eigenvalue weighted by atomic mass is 10.2. The topological polar surface area (TPSA) is 123 Å². The van der Waals surface area contributed by atoms with Gasteiger partial charge in [-0.3, -0.25) is 10.1 Å². The summed E-state index contributed by atoms with van der Waals surface area (Å²) >= 11 is 0. The number of hydrogen-bond donors (Lipinski definition) is 2. The summed E-state index contributed by atoms with van der Waals surface area (Å²) in [7, 11) is -4.03. The lowest BCUT2D eigenvalue weighted by Crippen LogP contribution is -2.26. The zero-order valence-corrected chi connectivity index (χ0v) is 12.2. The second-order valence-corrected chi connectivity index (χ2v) is 6.18. The van der Waals surface area contributed by atoms with Gasteiger partial charge in [-0.05, 0) is 24.6 Å². The molecule has 2 N–H and O–H groups in total. The Morgan fingerprint density at radius 2 is 2.00 bits per heavy atom. The first-order chi connectivity index (χ1) is 10.4. The maximum atomic E-state index is 12.1. The highest BCUT2D eigenvalue weighted by molar-refractivity contribution is 7.89. The van der Waals surface area contributed by atoms with Crippen LogP contribution >= 0.6 is 0 Å². The maximum Gasteiger partial charge on any atom is 0.289 e. The minimum atomic E-state index is -4.03. The van der Waals surface area contributed by atoms with Gasteiger partial charge in [0.25, 0.3) is 5.69 Å². The zero-order chi connectivity index (χ0) is 16.2. The summed E-state index contributed by atoms with van der Waals surface area (Å²) in [6.45, 7) is -0.0871. The second kappa shape index (κ2) is 6.69. The molecule has 2 rings (SSSR count). The molecular formula is C13H14N2O6S. The molecule has 22 heavy (non-hydrogen) atoms. The van der Waals surface area contributed by atoms with Gasteiger partial charge < -0.3 is 9.52 Å². The number of benzene rings is 1. The molecule has 0 amide bonds. The van der Waals surface area contributed by atoms with E-state index >= 15 is 0 Å². The van der Waals surface area contributed by atoms with Crippen LogP contribution < -0.4 is 4.72 Å². The first kappa shape index (κ1) is 16.1. The molecule has 1 aromatic carbocycles. The summed E-state index contributed by atoms with van der Waals surface area (Å²) in [5, 5.41) is 20.6. The lowest BCUT2D eigenvalue weighted by molar-refractivity contribution is -0.387. The van der Waals surface area contributed by atoms with Crippen LogP contribution in [0, 0.1) is 10.1 Å². The van der Waals surface area contributed by atoms with Crippen molar-refractivity contribution >= 4 is 15.7 Å². The number of aliphatic hydroxyl groups is 1. The van der Waals surface area contributed by atoms with E-state index in [9.17, 15) is 23.6 Å². The first-order valence-corrected chi connectivity index (χ1v) is 7.84. The van der Waals surface area contributed by atoms with Crippen molar-refractivity contribution in [2.24, 2.45) is 0 Å². The molecule has 0 fully saturated rings. The Bertz CT molecular complexity index is 742. The molecule has 1 aromatic heterocycles. The Morgan fingerprint density at radius 3 is 2.64 bits per heavy atom. The average molecular weight is 326 g/mol. The van der Waals surface area contributed by atoms with Gasteiger partial charge in [0.1, 0.15) is 11.9 Å². The number of furan rings is 1. The average Bonchev–Trinajstić information content (AvgIpc) is 3.01. The van der Waals surface area contributed by atoms with Crippen LogP contribution in [-0.2, 0) is 10.0 Å². The van der Waals surface area contributed by atoms with Crippen LogP contribution in [-0.4, -0.2) is 25.0 Å². The summed E-state index contributed by atoms with van der Waals surface area (Å²) in [6.07, 6.45) is 0.520. The summed E-state index contributed by atoms with van der Waals surface area (Å²) in [4.78, 5) is 9.70. The smallest absolute Gasteiger partial charge is 0.289 e. The van der Waals surface area contributed by atoms with E-state index in [-0.39, 0.29) is 13.0 Å². The number of nitro groups is 1. The number of hydrogen-bond acceptors (Lipinski definition) is 6. The molecule has 0 saturated heterocycles. The third kappa shape index (κ3) is 3.70. The van der Waals surface area contributed by atoms with Crippen molar-refractivity contribution in [3.63, 3.8) is 0 Å². The van der Waals surface area contributed by atoms with E-state index in [0.29, 0.717) is 5.76 Å². The number of rotatable bonds is 7. The quantitative estimate of drug-likeness (QED) is 0.588. The van der Waals surface area contributed by atoms with Crippen molar-refractivity contribution in [1.29, 1.82) is 0 Å². The Labute approximate surface area is 126 Å². The van der Waals surface area contributed by atoms with E-state index in [1.54, 1.807) is 12.1 Å². The van der Waals surface area contributed by atoms with Crippen LogP contribution in [0.5, 0.6) is 0 Å². The predicted octanol–water partition coefficient (Wildman–Crippen LogP) is 1.59. The van der Waals surface area contributed by atoms with Crippen molar-refractivity contribution in [3.05, 3.63) is 58.5 Å². The minimum absolute atomic E-state index is 0.0768. The number of sulfonamides is 1. The maximum absolute atomic E-state index is 12.1. The van der Waals surface area contributed by atoms with Gasteiger partial charge in [-0.2, -0.15) is 0 Å². The largest absolute Gasteiger partial charge is 0.467 e. The van der Waals surface area contributed by atoms with Crippen LogP contribution in [0.1, 0.15) is 18.3 Å². The molecule has 8 nitrogen and oxygen atoms in total. The predicted molar refractivity (Wildman–Crippen MR) is 76.6 cm³/mol. The van der Waals surface area contributed by atoms with E-state index in [1.165, 1.54) is 18.4 Å². The summed E-state index contributed by atoms with van der Waals surface area (Å²) < 4.78 is 31.4. The Balaban J connectivity index is 2.04. The highest BCUT2D eigenvalue weighted by Crippen LogP contribution is 2.23. The molecule has 0 bridgehead atoms. The van der Waals surface area contributed by atoms with Crippen molar-refractivity contribution in [2.45, 2.75) is 17.4 Å². The van der Waals surface area contributed by atoms with Crippen LogP contribution in [0.25, 0.3) is 0 Å². The molecule has 0 saturated carbocycles. The monoisotopic (exact) mass is 326 g/mol. The van der Waals surface area contributed by atoms with Gasteiger partial charge in [0.05, 0.1) is 11.2 Å². The van der Waals surface area contributed by atoms with Gasteiger partial charge in [-0.15, -0.1) is 0 Å². The summed E-state index contributed by atoms with van der Waals surface area (Å²) in [5.41, 5.74) is -0.499. The van der Waals surface area contributed by atoms with E-state index in [4.69, 9.17) is 4.42 Å².